The van der Waals surface area contributed by atoms with E-state index in [-0.39, 0.29) is 10.8 Å². The summed E-state index contributed by atoms with van der Waals surface area (Å²) in [4.78, 5) is 5.33. The minimum absolute atomic E-state index is 0.182. The molecule has 5 N–H and O–H groups in total. The lowest BCUT2D eigenvalue weighted by atomic mass is 9.66. The highest BCUT2D eigenvalue weighted by molar-refractivity contribution is 6.11. The molecule has 2 unspecified atom stereocenters. The van der Waals surface area contributed by atoms with Gasteiger partial charge in [-0.05, 0) is 134 Å². The minimum atomic E-state index is 0.182. The number of unbranched alkanes of at least 4 members (excludes halogenated alkanes) is 5. The number of benzene rings is 4. The summed E-state index contributed by atoms with van der Waals surface area (Å²) in [5.74, 6) is 0.447. The molecule has 0 spiro atoms. The van der Waals surface area contributed by atoms with Crippen molar-refractivity contribution in [3.63, 3.8) is 0 Å². The summed E-state index contributed by atoms with van der Waals surface area (Å²) in [6.07, 6.45) is 18.5. The van der Waals surface area contributed by atoms with Crippen LogP contribution in [0.15, 0.2) is 91.0 Å². The Bertz CT molecular complexity index is 1880. The molecule has 0 radical (unpaired) electrons. The number of nitrogens with two attached hydrogens (primary N) is 2. The lowest BCUT2D eigenvalue weighted by molar-refractivity contribution is 0.150. The molecule has 4 aromatic carbocycles. The molecule has 0 saturated heterocycles. The van der Waals surface area contributed by atoms with E-state index in [0.29, 0.717) is 5.92 Å². The van der Waals surface area contributed by atoms with Crippen LogP contribution in [0.5, 0.6) is 0 Å². The molecular formula is C51H72N4. The SMILES string of the molecule is CCCCNCCCCCCC(CCCC)(CCC(C)(CCN)Cc1ccccc1)Cc1ccc(-c2nc3cc(C(C)C)ccc3c3ccc(N)cc23)cc1. The average molecular weight is 741 g/mol. The first-order valence-electron chi connectivity index (χ1n) is 21.8. The summed E-state index contributed by atoms with van der Waals surface area (Å²) in [5, 5.41) is 7.16. The zero-order valence-corrected chi connectivity index (χ0v) is 35.1. The van der Waals surface area contributed by atoms with Gasteiger partial charge in [0, 0.05) is 22.0 Å². The first kappa shape index (κ1) is 42.4. The molecule has 0 saturated carbocycles. The molecule has 0 aliphatic heterocycles. The smallest absolute Gasteiger partial charge is 0.0788 e. The summed E-state index contributed by atoms with van der Waals surface area (Å²) >= 11 is 0. The number of pyridine rings is 1. The van der Waals surface area contributed by atoms with E-state index in [0.717, 1.165) is 66.7 Å². The number of fused-ring (bicyclic) bond motifs is 3. The summed E-state index contributed by atoms with van der Waals surface area (Å²) in [7, 11) is 0. The van der Waals surface area contributed by atoms with Gasteiger partial charge in [0.05, 0.1) is 11.2 Å². The van der Waals surface area contributed by atoms with Crippen molar-refractivity contribution in [2.45, 2.75) is 137 Å². The first-order valence-corrected chi connectivity index (χ1v) is 21.8. The van der Waals surface area contributed by atoms with E-state index in [1.54, 1.807) is 0 Å². The van der Waals surface area contributed by atoms with Gasteiger partial charge in [-0.3, -0.25) is 0 Å². The Morgan fingerprint density at radius 2 is 1.33 bits per heavy atom. The molecule has 0 bridgehead atoms. The summed E-state index contributed by atoms with van der Waals surface area (Å²) < 4.78 is 0. The fourth-order valence-corrected chi connectivity index (χ4v) is 8.86. The van der Waals surface area contributed by atoms with Crippen molar-refractivity contribution in [3.8, 4) is 11.3 Å². The number of nitrogen functional groups attached to an aromatic ring is 1. The third-order valence-corrected chi connectivity index (χ3v) is 12.4. The fraction of sp³-hybridized carbons (Fsp3) is 0.510. The molecule has 4 heteroatoms. The molecule has 1 heterocycles. The number of anilines is 1. The Hall–Kier alpha value is -3.73. The maximum absolute atomic E-state index is 6.39. The second kappa shape index (κ2) is 21.0. The van der Waals surface area contributed by atoms with Gasteiger partial charge in [-0.2, -0.15) is 0 Å². The number of rotatable bonds is 24. The van der Waals surface area contributed by atoms with Gasteiger partial charge >= 0.3 is 0 Å². The standard InChI is InChI=1S/C51H72N4/c1-6-8-27-51(28-15-10-11-16-34-54-33-9-7-2,30-29-50(5,31-32-52)37-40-17-13-12-14-18-40)38-41-19-21-42(22-20-41)49-47-36-44(53)24-26-45(47)46-25-23-43(39(3)4)35-48(46)55-49/h12-14,17-26,35-36,39,54H,6-11,15-16,27-34,37-38,52-53H2,1-5H3. The number of nitrogens with one attached hydrogen (secondary N) is 1. The molecule has 0 aliphatic rings. The number of aromatic nitrogens is 1. The van der Waals surface area contributed by atoms with E-state index in [1.807, 2.05) is 6.07 Å². The van der Waals surface area contributed by atoms with E-state index in [1.165, 1.54) is 105 Å². The van der Waals surface area contributed by atoms with Gasteiger partial charge in [0.1, 0.15) is 0 Å². The van der Waals surface area contributed by atoms with Crippen LogP contribution in [-0.4, -0.2) is 24.6 Å². The third-order valence-electron chi connectivity index (χ3n) is 12.4. The lowest BCUT2D eigenvalue weighted by Gasteiger charge is -2.39. The Morgan fingerprint density at radius 1 is 0.636 bits per heavy atom. The quantitative estimate of drug-likeness (QED) is 0.0334. The van der Waals surface area contributed by atoms with Gasteiger partial charge in [0.2, 0.25) is 0 Å². The molecule has 1 aromatic heterocycles. The molecule has 0 amide bonds. The Morgan fingerprint density at radius 3 is 2.05 bits per heavy atom. The zero-order chi connectivity index (χ0) is 39.1. The van der Waals surface area contributed by atoms with Crippen molar-refractivity contribution in [2.75, 3.05) is 25.4 Å². The molecular weight excluding hydrogens is 669 g/mol. The molecule has 5 rings (SSSR count). The second-order valence-corrected chi connectivity index (χ2v) is 17.5. The van der Waals surface area contributed by atoms with Crippen LogP contribution >= 0.6 is 0 Å². The summed E-state index contributed by atoms with van der Waals surface area (Å²) in [6.45, 7) is 14.7. The van der Waals surface area contributed by atoms with Gasteiger partial charge < -0.3 is 16.8 Å². The lowest BCUT2D eigenvalue weighted by Crippen LogP contribution is -2.30. The van der Waals surface area contributed by atoms with E-state index in [9.17, 15) is 0 Å². The van der Waals surface area contributed by atoms with Crippen molar-refractivity contribution in [2.24, 2.45) is 16.6 Å². The largest absolute Gasteiger partial charge is 0.399 e. The van der Waals surface area contributed by atoms with Crippen LogP contribution in [0.4, 0.5) is 5.69 Å². The highest BCUT2D eigenvalue weighted by atomic mass is 14.8. The van der Waals surface area contributed by atoms with Crippen LogP contribution < -0.4 is 16.8 Å². The Balaban J connectivity index is 1.42. The number of hydrogen-bond donors (Lipinski definition) is 3. The van der Waals surface area contributed by atoms with Crippen LogP contribution in [0.25, 0.3) is 32.9 Å². The molecule has 296 valence electrons. The van der Waals surface area contributed by atoms with Gasteiger partial charge in [-0.1, -0.05) is 146 Å². The van der Waals surface area contributed by atoms with E-state index in [4.69, 9.17) is 16.5 Å². The predicted octanol–water partition coefficient (Wildman–Crippen LogP) is 13.2. The number of hydrogen-bond acceptors (Lipinski definition) is 4. The third kappa shape index (κ3) is 12.1. The molecule has 5 aromatic rings. The maximum Gasteiger partial charge on any atom is 0.0788 e. The van der Waals surface area contributed by atoms with Crippen LogP contribution in [0.3, 0.4) is 0 Å². The van der Waals surface area contributed by atoms with Crippen molar-refractivity contribution >= 4 is 27.4 Å². The van der Waals surface area contributed by atoms with Gasteiger partial charge in [0.15, 0.2) is 0 Å². The molecule has 2 atom stereocenters. The van der Waals surface area contributed by atoms with E-state index < -0.39 is 0 Å². The molecule has 55 heavy (non-hydrogen) atoms. The van der Waals surface area contributed by atoms with Crippen molar-refractivity contribution in [3.05, 3.63) is 108 Å². The number of nitrogens with zero attached hydrogens (tertiary/aromatic N) is 1. The van der Waals surface area contributed by atoms with Crippen LogP contribution in [0.2, 0.25) is 0 Å². The summed E-state index contributed by atoms with van der Waals surface area (Å²) in [5.41, 5.74) is 21.3. The van der Waals surface area contributed by atoms with Crippen molar-refractivity contribution in [1.29, 1.82) is 0 Å². The van der Waals surface area contributed by atoms with Crippen LogP contribution in [-0.2, 0) is 12.8 Å². The normalized spacial score (nSPS) is 14.1. The van der Waals surface area contributed by atoms with Gasteiger partial charge in [0.25, 0.3) is 0 Å². The molecule has 0 fully saturated rings. The summed E-state index contributed by atoms with van der Waals surface area (Å²) in [6, 6.07) is 33.6. The van der Waals surface area contributed by atoms with E-state index in [2.05, 4.69) is 125 Å². The maximum atomic E-state index is 6.39. The van der Waals surface area contributed by atoms with E-state index >= 15 is 0 Å². The van der Waals surface area contributed by atoms with Crippen molar-refractivity contribution in [1.82, 2.24) is 10.3 Å². The van der Waals surface area contributed by atoms with Gasteiger partial charge in [-0.25, -0.2) is 4.98 Å². The van der Waals surface area contributed by atoms with Crippen molar-refractivity contribution < 1.29 is 0 Å². The van der Waals surface area contributed by atoms with Crippen LogP contribution in [0.1, 0.15) is 141 Å². The predicted molar refractivity (Wildman–Crippen MR) is 241 cm³/mol. The molecule has 0 aliphatic carbocycles. The van der Waals surface area contributed by atoms with Crippen LogP contribution in [0, 0.1) is 10.8 Å². The van der Waals surface area contributed by atoms with Gasteiger partial charge in [-0.15, -0.1) is 0 Å². The zero-order valence-electron chi connectivity index (χ0n) is 35.1. The average Bonchev–Trinajstić information content (AvgIpc) is 3.19. The Kier molecular flexibility index (Phi) is 16.2. The first-order chi connectivity index (χ1) is 26.7. The molecule has 4 nitrogen and oxygen atoms in total. The minimum Gasteiger partial charge on any atom is -0.399 e. The monoisotopic (exact) mass is 741 g/mol. The highest BCUT2D eigenvalue weighted by Crippen LogP contribution is 2.45. The second-order valence-electron chi connectivity index (χ2n) is 17.5. The highest BCUT2D eigenvalue weighted by Gasteiger charge is 2.34. The topological polar surface area (TPSA) is 77.0 Å². The fourth-order valence-electron chi connectivity index (χ4n) is 8.86. The Labute approximate surface area is 334 Å².